The summed E-state index contributed by atoms with van der Waals surface area (Å²) in [6, 6.07) is 11.3. The molecule has 2 N–H and O–H groups in total. The monoisotopic (exact) mass is 393 g/mol. The molecular formula is C19H15N5OS2. The van der Waals surface area contributed by atoms with Gasteiger partial charge in [0.05, 0.1) is 12.1 Å². The number of rotatable bonds is 5. The third kappa shape index (κ3) is 3.49. The summed E-state index contributed by atoms with van der Waals surface area (Å²) in [5.74, 6) is 0.138. The van der Waals surface area contributed by atoms with Crippen molar-refractivity contribution in [1.82, 2.24) is 9.97 Å². The van der Waals surface area contributed by atoms with Gasteiger partial charge >= 0.3 is 0 Å². The van der Waals surface area contributed by atoms with Crippen LogP contribution in [0, 0.1) is 6.92 Å². The molecule has 0 radical (unpaired) electrons. The molecule has 8 heteroatoms. The van der Waals surface area contributed by atoms with Gasteiger partial charge in [0.2, 0.25) is 5.91 Å². The molecule has 0 fully saturated rings. The van der Waals surface area contributed by atoms with Gasteiger partial charge in [-0.15, -0.1) is 27.8 Å². The van der Waals surface area contributed by atoms with E-state index in [0.717, 1.165) is 31.1 Å². The van der Waals surface area contributed by atoms with E-state index in [-0.39, 0.29) is 0 Å². The number of hydrogen-bond donors (Lipinski definition) is 1. The van der Waals surface area contributed by atoms with Crippen LogP contribution in [0.25, 0.3) is 20.7 Å². The Kier molecular flexibility index (Phi) is 4.74. The lowest BCUT2D eigenvalue weighted by atomic mass is 10.1. The predicted molar refractivity (Wildman–Crippen MR) is 109 cm³/mol. The van der Waals surface area contributed by atoms with Crippen molar-refractivity contribution in [3.63, 3.8) is 0 Å². The second-order valence-electron chi connectivity index (χ2n) is 5.85. The highest BCUT2D eigenvalue weighted by molar-refractivity contribution is 7.23. The summed E-state index contributed by atoms with van der Waals surface area (Å²) >= 11 is 3.23. The molecule has 134 valence electrons. The molecule has 6 nitrogen and oxygen atoms in total. The Morgan fingerprint density at radius 2 is 2.00 bits per heavy atom. The maximum atomic E-state index is 11.3. The Labute approximate surface area is 163 Å². The lowest BCUT2D eigenvalue weighted by Crippen LogP contribution is -2.10. The van der Waals surface area contributed by atoms with Crippen LogP contribution in [0.4, 0.5) is 5.82 Å². The fourth-order valence-electron chi connectivity index (χ4n) is 2.72. The van der Waals surface area contributed by atoms with Gasteiger partial charge in [0.1, 0.15) is 11.0 Å². The van der Waals surface area contributed by atoms with E-state index in [1.165, 1.54) is 6.33 Å². The molecule has 0 atom stereocenters. The highest BCUT2D eigenvalue weighted by Crippen LogP contribution is 2.40. The van der Waals surface area contributed by atoms with Crippen molar-refractivity contribution in [1.29, 1.82) is 0 Å². The Bertz CT molecular complexity index is 1130. The molecular weight excluding hydrogens is 378 g/mol. The highest BCUT2D eigenvalue weighted by atomic mass is 32.1. The molecule has 0 saturated heterocycles. The smallest absolute Gasteiger partial charge is 0.248 e. The average molecular weight is 393 g/mol. The summed E-state index contributed by atoms with van der Waals surface area (Å²) in [6.45, 7) is 2.56. The minimum atomic E-state index is -0.436. The molecule has 3 aromatic heterocycles. The van der Waals surface area contributed by atoms with Crippen LogP contribution in [0.1, 0.15) is 20.8 Å². The number of aryl methyl sites for hydroxylation is 1. The van der Waals surface area contributed by atoms with Crippen LogP contribution < -0.4 is 5.73 Å². The molecule has 0 spiro atoms. The fraction of sp³-hybridized carbons (Fsp3) is 0.105. The molecule has 0 saturated carbocycles. The second kappa shape index (κ2) is 7.34. The quantitative estimate of drug-likeness (QED) is 0.477. The van der Waals surface area contributed by atoms with Crippen molar-refractivity contribution in [2.24, 2.45) is 16.0 Å². The fourth-order valence-corrected chi connectivity index (χ4v) is 4.54. The van der Waals surface area contributed by atoms with Crippen LogP contribution in [0.15, 0.2) is 58.3 Å². The Morgan fingerprint density at radius 3 is 2.70 bits per heavy atom. The summed E-state index contributed by atoms with van der Waals surface area (Å²) in [6.07, 6.45) is 1.52. The van der Waals surface area contributed by atoms with E-state index in [1.807, 2.05) is 36.6 Å². The zero-order valence-corrected chi connectivity index (χ0v) is 16.0. The number of primary amides is 1. The van der Waals surface area contributed by atoms with Crippen LogP contribution >= 0.6 is 22.7 Å². The van der Waals surface area contributed by atoms with Crippen molar-refractivity contribution in [2.45, 2.75) is 13.5 Å². The molecule has 0 aliphatic heterocycles. The Balaban J connectivity index is 1.70. The van der Waals surface area contributed by atoms with Crippen molar-refractivity contribution in [3.8, 4) is 10.4 Å². The summed E-state index contributed by atoms with van der Waals surface area (Å²) in [5.41, 5.74) is 8.73. The molecule has 1 aromatic carbocycles. The van der Waals surface area contributed by atoms with E-state index in [1.54, 1.807) is 34.8 Å². The van der Waals surface area contributed by atoms with Crippen molar-refractivity contribution in [2.75, 3.05) is 0 Å². The van der Waals surface area contributed by atoms with Gasteiger partial charge in [-0.3, -0.25) is 4.79 Å². The first kappa shape index (κ1) is 17.4. The average Bonchev–Trinajstić information content (AvgIpc) is 3.31. The van der Waals surface area contributed by atoms with E-state index >= 15 is 0 Å². The summed E-state index contributed by atoms with van der Waals surface area (Å²) in [7, 11) is 0. The third-order valence-corrected chi connectivity index (χ3v) is 6.28. The van der Waals surface area contributed by atoms with Crippen molar-refractivity contribution < 1.29 is 4.79 Å². The zero-order valence-electron chi connectivity index (χ0n) is 14.4. The summed E-state index contributed by atoms with van der Waals surface area (Å²) in [5, 5.41) is 10.6. The lowest BCUT2D eigenvalue weighted by molar-refractivity contribution is 0.100. The molecule has 0 aliphatic rings. The van der Waals surface area contributed by atoms with Gasteiger partial charge in [0.15, 0.2) is 5.82 Å². The number of thiophene rings is 2. The largest absolute Gasteiger partial charge is 0.366 e. The number of aromatic nitrogens is 2. The normalized spacial score (nSPS) is 11.4. The van der Waals surface area contributed by atoms with Crippen LogP contribution in [0.3, 0.4) is 0 Å². The number of amides is 1. The predicted octanol–water partition coefficient (Wildman–Crippen LogP) is 5.11. The standard InChI is InChI=1S/C19H15N5OS2/c1-11-15-17(27-16(11)12-4-6-13(7-5-12)18(20)25)19(22-10-21-15)24-23-9-14-3-2-8-26-14/h2-8,10H,9H2,1H3,(H2,20,25). The molecule has 4 aromatic rings. The number of carbonyl (C=O) groups excluding carboxylic acids is 1. The Morgan fingerprint density at radius 1 is 1.19 bits per heavy atom. The molecule has 3 heterocycles. The van der Waals surface area contributed by atoms with Crippen LogP contribution in [0.5, 0.6) is 0 Å². The van der Waals surface area contributed by atoms with Gasteiger partial charge in [-0.1, -0.05) is 18.2 Å². The number of azo groups is 1. The maximum Gasteiger partial charge on any atom is 0.248 e. The van der Waals surface area contributed by atoms with Crippen molar-refractivity contribution >= 4 is 44.6 Å². The Hall–Kier alpha value is -2.97. The van der Waals surface area contributed by atoms with Crippen LogP contribution in [-0.4, -0.2) is 15.9 Å². The lowest BCUT2D eigenvalue weighted by Gasteiger charge is -2.01. The van der Waals surface area contributed by atoms with Gasteiger partial charge in [0.25, 0.3) is 0 Å². The van der Waals surface area contributed by atoms with E-state index in [2.05, 4.69) is 20.2 Å². The minimum absolute atomic E-state index is 0.436. The number of nitrogens with two attached hydrogens (primary N) is 1. The number of fused-ring (bicyclic) bond motifs is 1. The van der Waals surface area contributed by atoms with Gasteiger partial charge in [0, 0.05) is 15.3 Å². The molecule has 27 heavy (non-hydrogen) atoms. The zero-order chi connectivity index (χ0) is 18.8. The van der Waals surface area contributed by atoms with E-state index in [9.17, 15) is 4.79 Å². The molecule has 0 aliphatic carbocycles. The molecule has 1 amide bonds. The number of hydrogen-bond acceptors (Lipinski definition) is 7. The van der Waals surface area contributed by atoms with Gasteiger partial charge < -0.3 is 5.73 Å². The molecule has 4 rings (SSSR count). The highest BCUT2D eigenvalue weighted by Gasteiger charge is 2.15. The van der Waals surface area contributed by atoms with E-state index < -0.39 is 5.91 Å². The number of carbonyl (C=O) groups is 1. The first-order chi connectivity index (χ1) is 13.1. The number of nitrogens with zero attached hydrogens (tertiary/aromatic N) is 4. The summed E-state index contributed by atoms with van der Waals surface area (Å²) in [4.78, 5) is 22.2. The maximum absolute atomic E-state index is 11.3. The van der Waals surface area contributed by atoms with E-state index in [4.69, 9.17) is 5.73 Å². The van der Waals surface area contributed by atoms with Crippen LogP contribution in [0.2, 0.25) is 0 Å². The topological polar surface area (TPSA) is 93.6 Å². The van der Waals surface area contributed by atoms with E-state index in [0.29, 0.717) is 17.9 Å². The van der Waals surface area contributed by atoms with Crippen LogP contribution in [-0.2, 0) is 6.54 Å². The number of benzene rings is 1. The summed E-state index contributed by atoms with van der Waals surface area (Å²) < 4.78 is 0.902. The van der Waals surface area contributed by atoms with Gasteiger partial charge in [-0.05, 0) is 41.6 Å². The minimum Gasteiger partial charge on any atom is -0.366 e. The first-order valence-corrected chi connectivity index (χ1v) is 9.87. The SMILES string of the molecule is Cc1c(-c2ccc(C(N)=O)cc2)sc2c(N=NCc3cccs3)ncnc12. The molecule has 0 bridgehead atoms. The van der Waals surface area contributed by atoms with Gasteiger partial charge in [-0.2, -0.15) is 5.11 Å². The first-order valence-electron chi connectivity index (χ1n) is 8.17. The van der Waals surface area contributed by atoms with Gasteiger partial charge in [-0.25, -0.2) is 9.97 Å². The third-order valence-electron chi connectivity index (χ3n) is 4.09. The second-order valence-corrected chi connectivity index (χ2v) is 7.90. The molecule has 0 unspecified atom stereocenters. The van der Waals surface area contributed by atoms with Crippen molar-refractivity contribution in [3.05, 3.63) is 64.1 Å².